The zero-order valence-corrected chi connectivity index (χ0v) is 6.04. The van der Waals surface area contributed by atoms with Crippen molar-refractivity contribution in [3.8, 4) is 5.75 Å². The summed E-state index contributed by atoms with van der Waals surface area (Å²) < 4.78 is 17.3. The Morgan fingerprint density at radius 2 is 2.27 bits per heavy atom. The maximum Gasteiger partial charge on any atom is 0.330 e. The van der Waals surface area contributed by atoms with Crippen molar-refractivity contribution in [3.05, 3.63) is 24.0 Å². The van der Waals surface area contributed by atoms with Crippen LogP contribution in [-0.4, -0.2) is 19.6 Å². The summed E-state index contributed by atoms with van der Waals surface area (Å²) in [5.74, 6) is 0.0556. The molecule has 0 unspecified atom stereocenters. The van der Waals surface area contributed by atoms with Crippen LogP contribution in [0.3, 0.4) is 0 Å². The number of ether oxygens (including phenoxy) is 1. The molecule has 1 aromatic rings. The average molecular weight is 153 g/mol. The third kappa shape index (κ3) is 1.71. The van der Waals surface area contributed by atoms with Gasteiger partial charge in [-0.1, -0.05) is 0 Å². The lowest BCUT2D eigenvalue weighted by molar-refractivity contribution is 0.416. The van der Waals surface area contributed by atoms with E-state index in [0.717, 1.165) is 7.48 Å². The fourth-order valence-electron chi connectivity index (χ4n) is 0.806. The van der Waals surface area contributed by atoms with Crippen molar-refractivity contribution >= 4 is 12.9 Å². The largest absolute Gasteiger partial charge is 0.497 e. The average Bonchev–Trinajstić information content (AvgIpc) is 2.04. The van der Waals surface area contributed by atoms with Gasteiger partial charge in [0.25, 0.3) is 0 Å². The lowest BCUT2D eigenvalue weighted by Crippen LogP contribution is -2.16. The highest BCUT2D eigenvalue weighted by molar-refractivity contribution is 6.46. The van der Waals surface area contributed by atoms with Gasteiger partial charge in [0.05, 0.1) is 7.11 Å². The Labute approximate surface area is 64.9 Å². The van der Waals surface area contributed by atoms with Crippen LogP contribution < -0.4 is 10.2 Å². The van der Waals surface area contributed by atoms with Crippen molar-refractivity contribution in [3.63, 3.8) is 0 Å². The molecule has 1 N–H and O–H groups in total. The molecule has 1 rings (SSSR count). The van der Waals surface area contributed by atoms with Crippen LogP contribution in [0.15, 0.2) is 18.2 Å². The van der Waals surface area contributed by atoms with Crippen LogP contribution in [0.2, 0.25) is 0 Å². The van der Waals surface area contributed by atoms with Gasteiger partial charge in [0.1, 0.15) is 11.6 Å². The van der Waals surface area contributed by atoms with E-state index < -0.39 is 5.82 Å². The molecule has 2 nitrogen and oxygen atoms in total. The number of halogens is 1. The highest BCUT2D eigenvalue weighted by Gasteiger charge is 2.03. The number of rotatable bonds is 2. The normalized spacial score (nSPS) is 9.36. The minimum absolute atomic E-state index is 0.340. The summed E-state index contributed by atoms with van der Waals surface area (Å²) in [6, 6.07) is 3.92. The third-order valence-corrected chi connectivity index (χ3v) is 1.33. The summed E-state index contributed by atoms with van der Waals surface area (Å²) >= 11 is 0. The molecule has 0 amide bonds. The van der Waals surface area contributed by atoms with Gasteiger partial charge in [-0.25, -0.2) is 4.39 Å². The Kier molecular flexibility index (Phi) is 2.49. The molecule has 1 radical (unpaired) electrons. The standard InChI is InChI=1S/C7H7BFO2/c1-11-7-3-2-5(9)4-6(7)8-10/h2-4,10H,1H3. The van der Waals surface area contributed by atoms with Crippen molar-refractivity contribution in [1.82, 2.24) is 0 Å². The minimum Gasteiger partial charge on any atom is -0.497 e. The number of methoxy groups -OCH3 is 1. The fraction of sp³-hybridized carbons (Fsp3) is 0.143. The molecule has 0 spiro atoms. The molecular formula is C7H7BFO2. The molecule has 0 aliphatic carbocycles. The number of hydrogen-bond acceptors (Lipinski definition) is 2. The monoisotopic (exact) mass is 153 g/mol. The Bertz CT molecular complexity index is 252. The zero-order chi connectivity index (χ0) is 8.27. The van der Waals surface area contributed by atoms with Gasteiger partial charge in [0.15, 0.2) is 0 Å². The Morgan fingerprint density at radius 3 is 2.82 bits per heavy atom. The zero-order valence-electron chi connectivity index (χ0n) is 6.04. The van der Waals surface area contributed by atoms with Crippen LogP contribution in [-0.2, 0) is 0 Å². The van der Waals surface area contributed by atoms with Crippen molar-refractivity contribution in [2.45, 2.75) is 0 Å². The molecule has 4 heteroatoms. The maximum absolute atomic E-state index is 12.5. The summed E-state index contributed by atoms with van der Waals surface area (Å²) in [4.78, 5) is 0. The van der Waals surface area contributed by atoms with Gasteiger partial charge in [0.2, 0.25) is 0 Å². The summed E-state index contributed by atoms with van der Waals surface area (Å²) in [5, 5.41) is 8.60. The molecule has 0 saturated carbocycles. The SMILES string of the molecule is COc1ccc(F)cc1[B]O. The molecule has 0 bridgehead atoms. The number of hydrogen-bond donors (Lipinski definition) is 1. The first kappa shape index (κ1) is 8.08. The van der Waals surface area contributed by atoms with Crippen LogP contribution in [0.4, 0.5) is 4.39 Å². The van der Waals surface area contributed by atoms with E-state index in [1.54, 1.807) is 0 Å². The Hall–Kier alpha value is -1.03. The van der Waals surface area contributed by atoms with Gasteiger partial charge in [0, 0.05) is 0 Å². The van der Waals surface area contributed by atoms with Crippen LogP contribution in [0.1, 0.15) is 0 Å². The first-order chi connectivity index (χ1) is 5.27. The van der Waals surface area contributed by atoms with Gasteiger partial charge in [-0.15, -0.1) is 0 Å². The predicted molar refractivity (Wildman–Crippen MR) is 40.6 cm³/mol. The predicted octanol–water partition coefficient (Wildman–Crippen LogP) is 0.0711. The van der Waals surface area contributed by atoms with Crippen LogP contribution in [0.5, 0.6) is 5.75 Å². The molecule has 0 aliphatic heterocycles. The van der Waals surface area contributed by atoms with E-state index in [1.807, 2.05) is 0 Å². The van der Waals surface area contributed by atoms with Gasteiger partial charge in [-0.05, 0) is 23.7 Å². The molecular weight excluding hydrogens is 146 g/mol. The minimum atomic E-state index is -0.397. The molecule has 0 saturated heterocycles. The lowest BCUT2D eigenvalue weighted by Gasteiger charge is -2.03. The first-order valence-electron chi connectivity index (χ1n) is 3.09. The second-order valence-corrected chi connectivity index (χ2v) is 2.02. The van der Waals surface area contributed by atoms with Crippen LogP contribution >= 0.6 is 0 Å². The van der Waals surface area contributed by atoms with Gasteiger partial charge in [-0.3, -0.25) is 0 Å². The molecule has 0 fully saturated rings. The van der Waals surface area contributed by atoms with Crippen LogP contribution in [0.25, 0.3) is 0 Å². The van der Waals surface area contributed by atoms with E-state index >= 15 is 0 Å². The third-order valence-electron chi connectivity index (χ3n) is 1.33. The van der Waals surface area contributed by atoms with Crippen LogP contribution in [0, 0.1) is 5.82 Å². The van der Waals surface area contributed by atoms with E-state index in [-0.39, 0.29) is 0 Å². The second kappa shape index (κ2) is 3.39. The van der Waals surface area contributed by atoms with Gasteiger partial charge in [-0.2, -0.15) is 0 Å². The molecule has 0 aromatic heterocycles. The molecule has 11 heavy (non-hydrogen) atoms. The molecule has 57 valence electrons. The molecule has 0 heterocycles. The van der Waals surface area contributed by atoms with Crippen molar-refractivity contribution in [2.75, 3.05) is 7.11 Å². The van der Waals surface area contributed by atoms with E-state index in [1.165, 1.54) is 25.3 Å². The smallest absolute Gasteiger partial charge is 0.330 e. The Morgan fingerprint density at radius 1 is 1.55 bits per heavy atom. The molecule has 0 atom stereocenters. The van der Waals surface area contributed by atoms with E-state index in [9.17, 15) is 4.39 Å². The van der Waals surface area contributed by atoms with E-state index in [0.29, 0.717) is 11.2 Å². The summed E-state index contributed by atoms with van der Waals surface area (Å²) in [6.07, 6.45) is 0. The van der Waals surface area contributed by atoms with E-state index in [4.69, 9.17) is 9.76 Å². The van der Waals surface area contributed by atoms with E-state index in [2.05, 4.69) is 0 Å². The summed E-state index contributed by atoms with van der Waals surface area (Å²) in [6.45, 7) is 0. The highest BCUT2D eigenvalue weighted by Crippen LogP contribution is 2.06. The highest BCUT2D eigenvalue weighted by atomic mass is 19.1. The molecule has 1 aromatic carbocycles. The fourth-order valence-corrected chi connectivity index (χ4v) is 0.806. The maximum atomic E-state index is 12.5. The van der Waals surface area contributed by atoms with Crippen molar-refractivity contribution < 1.29 is 14.2 Å². The Balaban J connectivity index is 3.06. The van der Waals surface area contributed by atoms with Gasteiger partial charge < -0.3 is 9.76 Å². The first-order valence-corrected chi connectivity index (χ1v) is 3.09. The number of benzene rings is 1. The summed E-state index contributed by atoms with van der Waals surface area (Å²) in [7, 11) is 2.27. The quantitative estimate of drug-likeness (QED) is 0.609. The topological polar surface area (TPSA) is 29.5 Å². The van der Waals surface area contributed by atoms with Gasteiger partial charge >= 0.3 is 7.48 Å². The molecule has 0 aliphatic rings. The van der Waals surface area contributed by atoms with Crippen molar-refractivity contribution in [2.24, 2.45) is 0 Å². The summed E-state index contributed by atoms with van der Waals surface area (Å²) in [5.41, 5.74) is 0.340. The van der Waals surface area contributed by atoms with Crippen molar-refractivity contribution in [1.29, 1.82) is 0 Å². The second-order valence-electron chi connectivity index (χ2n) is 2.02. The lowest BCUT2D eigenvalue weighted by atomic mass is 9.88.